The van der Waals surface area contributed by atoms with Crippen LogP contribution in [0.2, 0.25) is 0 Å². The Bertz CT molecular complexity index is 1240. The molecule has 0 aliphatic rings. The van der Waals surface area contributed by atoms with Gasteiger partial charge in [0.25, 0.3) is 5.56 Å². The maximum absolute atomic E-state index is 12.5. The molecular formula is C22H19N3O4. The number of hydrogen-bond donors (Lipinski definition) is 0. The van der Waals surface area contributed by atoms with Gasteiger partial charge in [0, 0.05) is 18.2 Å². The predicted octanol–water partition coefficient (Wildman–Crippen LogP) is 3.74. The summed E-state index contributed by atoms with van der Waals surface area (Å²) in [7, 11) is 0. The van der Waals surface area contributed by atoms with Gasteiger partial charge in [-0.15, -0.1) is 0 Å². The maximum Gasteiger partial charge on any atom is 0.338 e. The van der Waals surface area contributed by atoms with Crippen molar-refractivity contribution in [2.24, 2.45) is 0 Å². The Morgan fingerprint density at radius 3 is 2.69 bits per heavy atom. The van der Waals surface area contributed by atoms with Crippen LogP contribution in [0.4, 0.5) is 0 Å². The second kappa shape index (κ2) is 7.71. The lowest BCUT2D eigenvalue weighted by molar-refractivity contribution is 0.0464. The second-order valence-corrected chi connectivity index (χ2v) is 6.57. The van der Waals surface area contributed by atoms with E-state index in [0.717, 1.165) is 5.56 Å². The van der Waals surface area contributed by atoms with E-state index >= 15 is 0 Å². The highest BCUT2D eigenvalue weighted by atomic mass is 16.5. The molecule has 0 aliphatic carbocycles. The van der Waals surface area contributed by atoms with Gasteiger partial charge in [-0.1, -0.05) is 35.5 Å². The van der Waals surface area contributed by atoms with Crippen molar-refractivity contribution >= 4 is 17.0 Å². The molecule has 0 saturated heterocycles. The number of rotatable bonds is 5. The van der Waals surface area contributed by atoms with Crippen molar-refractivity contribution in [1.29, 1.82) is 0 Å². The quantitative estimate of drug-likeness (QED) is 0.483. The van der Waals surface area contributed by atoms with Crippen molar-refractivity contribution < 1.29 is 14.1 Å². The Hall–Kier alpha value is -3.74. The summed E-state index contributed by atoms with van der Waals surface area (Å²) in [5.74, 6) is 0.115. The number of ether oxygens (including phenoxy) is 1. The van der Waals surface area contributed by atoms with Crippen LogP contribution in [-0.2, 0) is 17.9 Å². The Morgan fingerprint density at radius 2 is 1.93 bits per heavy atom. The van der Waals surface area contributed by atoms with Crippen molar-refractivity contribution in [3.05, 3.63) is 81.9 Å². The standard InChI is InChI=1S/C22H19N3O4/c1-3-25-19-10-9-16(11-18(19)23-14(2)21(25)26)22(27)28-13-17-12-20(29-24-17)15-7-5-4-6-8-15/h4-12H,3,13H2,1-2H3. The van der Waals surface area contributed by atoms with E-state index in [1.807, 2.05) is 37.3 Å². The van der Waals surface area contributed by atoms with Gasteiger partial charge >= 0.3 is 5.97 Å². The zero-order chi connectivity index (χ0) is 20.4. The first-order chi connectivity index (χ1) is 14.1. The Kier molecular flexibility index (Phi) is 4.95. The van der Waals surface area contributed by atoms with Crippen LogP contribution in [0.15, 0.2) is 63.9 Å². The minimum absolute atomic E-state index is 0.00584. The molecule has 4 rings (SSSR count). The van der Waals surface area contributed by atoms with Crippen molar-refractivity contribution in [2.45, 2.75) is 27.0 Å². The summed E-state index contributed by atoms with van der Waals surface area (Å²) in [6.07, 6.45) is 0. The summed E-state index contributed by atoms with van der Waals surface area (Å²) in [6.45, 7) is 4.07. The summed E-state index contributed by atoms with van der Waals surface area (Å²) in [4.78, 5) is 29.0. The molecule has 0 spiro atoms. The minimum Gasteiger partial charge on any atom is -0.455 e. The van der Waals surface area contributed by atoms with Crippen molar-refractivity contribution in [3.8, 4) is 11.3 Å². The molecule has 4 aromatic rings. The third-order valence-corrected chi connectivity index (χ3v) is 4.63. The summed E-state index contributed by atoms with van der Waals surface area (Å²) in [5.41, 5.74) is 3.30. The molecule has 0 radical (unpaired) electrons. The number of fused-ring (bicyclic) bond motifs is 1. The fourth-order valence-corrected chi connectivity index (χ4v) is 3.16. The summed E-state index contributed by atoms with van der Waals surface area (Å²) < 4.78 is 12.3. The molecule has 0 unspecified atom stereocenters. The summed E-state index contributed by atoms with van der Waals surface area (Å²) in [6, 6.07) is 16.3. The molecule has 2 aromatic heterocycles. The van der Waals surface area contributed by atoms with E-state index in [4.69, 9.17) is 9.26 Å². The molecule has 0 amide bonds. The molecular weight excluding hydrogens is 370 g/mol. The third kappa shape index (κ3) is 3.67. The fraction of sp³-hybridized carbons (Fsp3) is 0.182. The first kappa shape index (κ1) is 18.6. The normalized spacial score (nSPS) is 11.0. The average Bonchev–Trinajstić information content (AvgIpc) is 3.22. The lowest BCUT2D eigenvalue weighted by atomic mass is 10.1. The van der Waals surface area contributed by atoms with Gasteiger partial charge in [-0.3, -0.25) is 4.79 Å². The van der Waals surface area contributed by atoms with E-state index in [2.05, 4.69) is 10.1 Å². The van der Waals surface area contributed by atoms with Crippen LogP contribution in [0, 0.1) is 6.92 Å². The first-order valence-electron chi connectivity index (χ1n) is 9.26. The molecule has 0 fully saturated rings. The number of aryl methyl sites for hydroxylation is 2. The average molecular weight is 389 g/mol. The number of carbonyl (C=O) groups excluding carboxylic acids is 1. The maximum atomic E-state index is 12.5. The molecule has 2 heterocycles. The molecule has 0 N–H and O–H groups in total. The smallest absolute Gasteiger partial charge is 0.338 e. The molecule has 146 valence electrons. The second-order valence-electron chi connectivity index (χ2n) is 6.57. The molecule has 29 heavy (non-hydrogen) atoms. The van der Waals surface area contributed by atoms with Crippen LogP contribution in [-0.4, -0.2) is 20.7 Å². The Labute approximate surface area is 166 Å². The predicted molar refractivity (Wildman–Crippen MR) is 107 cm³/mol. The highest BCUT2D eigenvalue weighted by Crippen LogP contribution is 2.20. The summed E-state index contributed by atoms with van der Waals surface area (Å²) >= 11 is 0. The number of carbonyl (C=O) groups is 1. The van der Waals surface area contributed by atoms with Crippen LogP contribution < -0.4 is 5.56 Å². The number of aromatic nitrogens is 3. The molecule has 0 saturated carbocycles. The fourth-order valence-electron chi connectivity index (χ4n) is 3.16. The molecule has 2 aromatic carbocycles. The van der Waals surface area contributed by atoms with Gasteiger partial charge in [-0.2, -0.15) is 0 Å². The van der Waals surface area contributed by atoms with E-state index < -0.39 is 5.97 Å². The van der Waals surface area contributed by atoms with Crippen LogP contribution in [0.5, 0.6) is 0 Å². The molecule has 7 nitrogen and oxygen atoms in total. The van der Waals surface area contributed by atoms with Crippen LogP contribution in [0.3, 0.4) is 0 Å². The lowest BCUT2D eigenvalue weighted by Crippen LogP contribution is -2.23. The van der Waals surface area contributed by atoms with Crippen LogP contribution in [0.1, 0.15) is 28.7 Å². The Morgan fingerprint density at radius 1 is 1.14 bits per heavy atom. The SMILES string of the molecule is CCn1c(=O)c(C)nc2cc(C(=O)OCc3cc(-c4ccccc4)on3)ccc21. The van der Waals surface area contributed by atoms with Gasteiger partial charge in [0.1, 0.15) is 18.0 Å². The van der Waals surface area contributed by atoms with E-state index in [9.17, 15) is 9.59 Å². The number of esters is 1. The minimum atomic E-state index is -0.495. The van der Waals surface area contributed by atoms with Gasteiger partial charge in [0.15, 0.2) is 5.76 Å². The monoisotopic (exact) mass is 389 g/mol. The van der Waals surface area contributed by atoms with Gasteiger partial charge < -0.3 is 13.8 Å². The number of hydrogen-bond acceptors (Lipinski definition) is 6. The largest absolute Gasteiger partial charge is 0.455 e. The van der Waals surface area contributed by atoms with Gasteiger partial charge in [0.05, 0.1) is 16.6 Å². The van der Waals surface area contributed by atoms with E-state index in [-0.39, 0.29) is 12.2 Å². The van der Waals surface area contributed by atoms with Crippen molar-refractivity contribution in [1.82, 2.24) is 14.7 Å². The molecule has 7 heteroatoms. The van der Waals surface area contributed by atoms with E-state index in [1.54, 1.807) is 35.8 Å². The summed E-state index contributed by atoms with van der Waals surface area (Å²) in [5, 5.41) is 3.95. The number of nitrogens with zero attached hydrogens (tertiary/aromatic N) is 3. The zero-order valence-electron chi connectivity index (χ0n) is 16.1. The van der Waals surface area contributed by atoms with Gasteiger partial charge in [0.2, 0.25) is 0 Å². The third-order valence-electron chi connectivity index (χ3n) is 4.63. The van der Waals surface area contributed by atoms with Crippen LogP contribution >= 0.6 is 0 Å². The molecule has 0 bridgehead atoms. The van der Waals surface area contributed by atoms with Crippen molar-refractivity contribution in [2.75, 3.05) is 0 Å². The first-order valence-corrected chi connectivity index (χ1v) is 9.26. The lowest BCUT2D eigenvalue weighted by Gasteiger charge is -2.10. The highest BCUT2D eigenvalue weighted by molar-refractivity contribution is 5.93. The van der Waals surface area contributed by atoms with E-state index in [1.165, 1.54) is 0 Å². The Balaban J connectivity index is 1.52. The van der Waals surface area contributed by atoms with E-state index in [0.29, 0.717) is 40.3 Å². The van der Waals surface area contributed by atoms with Gasteiger partial charge in [-0.05, 0) is 32.0 Å². The van der Waals surface area contributed by atoms with Gasteiger partial charge in [-0.25, -0.2) is 9.78 Å². The molecule has 0 atom stereocenters. The topological polar surface area (TPSA) is 87.2 Å². The number of benzene rings is 2. The molecule has 0 aliphatic heterocycles. The van der Waals surface area contributed by atoms with Crippen LogP contribution in [0.25, 0.3) is 22.4 Å². The van der Waals surface area contributed by atoms with Crippen molar-refractivity contribution in [3.63, 3.8) is 0 Å². The highest BCUT2D eigenvalue weighted by Gasteiger charge is 2.14. The zero-order valence-corrected chi connectivity index (χ0v) is 16.1.